The molecule has 1 saturated heterocycles. The molecule has 1 fully saturated rings. The van der Waals surface area contributed by atoms with Crippen molar-refractivity contribution in [3.8, 4) is 6.07 Å². The van der Waals surface area contributed by atoms with E-state index in [0.717, 1.165) is 0 Å². The number of hydrogen-bond acceptors (Lipinski definition) is 6. The summed E-state index contributed by atoms with van der Waals surface area (Å²) < 4.78 is 34.1. The van der Waals surface area contributed by atoms with Gasteiger partial charge in [0.15, 0.2) is 0 Å². The second kappa shape index (κ2) is 10.5. The molecule has 0 spiro atoms. The van der Waals surface area contributed by atoms with E-state index in [4.69, 9.17) is 33.2 Å². The molecule has 0 atom stereocenters. The number of anilines is 3. The largest absolute Gasteiger partial charge is 0.378 e. The molecule has 0 unspecified atom stereocenters. The Bertz CT molecular complexity index is 1400. The molecule has 0 aromatic heterocycles. The molecule has 4 rings (SSSR count). The fourth-order valence-electron chi connectivity index (χ4n) is 3.53. The predicted octanol–water partition coefficient (Wildman–Crippen LogP) is 4.75. The minimum absolute atomic E-state index is 0.0688. The summed E-state index contributed by atoms with van der Waals surface area (Å²) in [5.74, 6) is -0.440. The number of nitriles is 1. The minimum Gasteiger partial charge on any atom is -0.378 e. The summed E-state index contributed by atoms with van der Waals surface area (Å²) in [6, 6.07) is 17.1. The van der Waals surface area contributed by atoms with Gasteiger partial charge in [-0.1, -0.05) is 23.2 Å². The van der Waals surface area contributed by atoms with Crippen LogP contribution < -0.4 is 14.9 Å². The molecule has 1 amide bonds. The van der Waals surface area contributed by atoms with Crippen LogP contribution in [0, 0.1) is 11.3 Å². The van der Waals surface area contributed by atoms with Crippen LogP contribution in [-0.2, 0) is 14.8 Å². The number of amides is 1. The van der Waals surface area contributed by atoms with Gasteiger partial charge in [0, 0.05) is 23.7 Å². The fourth-order valence-corrected chi connectivity index (χ4v) is 5.02. The quantitative estimate of drug-likeness (QED) is 0.475. The van der Waals surface area contributed by atoms with Crippen LogP contribution >= 0.6 is 23.2 Å². The first-order valence-electron chi connectivity index (χ1n) is 10.5. The number of nitrogens with one attached hydrogen (secondary N) is 2. The Balaban J connectivity index is 1.68. The lowest BCUT2D eigenvalue weighted by Gasteiger charge is -2.30. The molecule has 0 aliphatic carbocycles. The molecule has 0 saturated carbocycles. The van der Waals surface area contributed by atoms with Gasteiger partial charge in [0.1, 0.15) is 0 Å². The maximum atomic E-state index is 13.1. The van der Waals surface area contributed by atoms with E-state index in [1.807, 2.05) is 11.0 Å². The van der Waals surface area contributed by atoms with Gasteiger partial charge in [-0.3, -0.25) is 9.52 Å². The highest BCUT2D eigenvalue weighted by molar-refractivity contribution is 7.92. The highest BCUT2D eigenvalue weighted by Crippen LogP contribution is 2.32. The first kappa shape index (κ1) is 24.8. The normalized spacial score (nSPS) is 13.7. The topological polar surface area (TPSA) is 112 Å². The van der Waals surface area contributed by atoms with Crippen LogP contribution in [0.15, 0.2) is 65.6 Å². The van der Waals surface area contributed by atoms with Crippen molar-refractivity contribution in [2.24, 2.45) is 0 Å². The Hall–Kier alpha value is -3.29. The first-order valence-corrected chi connectivity index (χ1v) is 12.8. The Morgan fingerprint density at radius 1 is 0.971 bits per heavy atom. The number of benzene rings is 3. The molecule has 35 heavy (non-hydrogen) atoms. The highest BCUT2D eigenvalue weighted by Gasteiger charge is 2.22. The van der Waals surface area contributed by atoms with Crippen molar-refractivity contribution in [1.82, 2.24) is 0 Å². The van der Waals surface area contributed by atoms with Crippen molar-refractivity contribution in [3.05, 3.63) is 81.8 Å². The van der Waals surface area contributed by atoms with Gasteiger partial charge in [0.05, 0.1) is 51.8 Å². The molecule has 1 heterocycles. The van der Waals surface area contributed by atoms with Gasteiger partial charge in [0.2, 0.25) is 0 Å². The van der Waals surface area contributed by atoms with E-state index in [2.05, 4.69) is 10.0 Å². The number of carbonyl (C=O) groups excluding carboxylic acids is 1. The Morgan fingerprint density at radius 2 is 1.69 bits per heavy atom. The molecule has 3 aromatic rings. The van der Waals surface area contributed by atoms with Crippen molar-refractivity contribution < 1.29 is 17.9 Å². The Labute approximate surface area is 213 Å². The summed E-state index contributed by atoms with van der Waals surface area (Å²) in [6.45, 7) is 2.19. The number of carbonyl (C=O) groups is 1. The van der Waals surface area contributed by atoms with Gasteiger partial charge in [0.25, 0.3) is 15.9 Å². The lowest BCUT2D eigenvalue weighted by molar-refractivity contribution is 0.102. The van der Waals surface area contributed by atoms with Gasteiger partial charge in [-0.05, 0) is 60.7 Å². The monoisotopic (exact) mass is 530 g/mol. The molecule has 3 aromatic carbocycles. The molecule has 1 aliphatic rings. The lowest BCUT2D eigenvalue weighted by atomic mass is 10.1. The average molecular weight is 531 g/mol. The van der Waals surface area contributed by atoms with Crippen LogP contribution in [-0.4, -0.2) is 40.6 Å². The summed E-state index contributed by atoms with van der Waals surface area (Å²) in [4.78, 5) is 14.9. The number of hydrogen-bond donors (Lipinski definition) is 2. The van der Waals surface area contributed by atoms with E-state index in [1.54, 1.807) is 12.1 Å². The molecule has 1 aliphatic heterocycles. The average Bonchev–Trinajstić information content (AvgIpc) is 2.86. The van der Waals surface area contributed by atoms with Crippen LogP contribution in [0.25, 0.3) is 0 Å². The summed E-state index contributed by atoms with van der Waals surface area (Å²) in [5, 5.41) is 12.3. The second-order valence-corrected chi connectivity index (χ2v) is 10.2. The van der Waals surface area contributed by atoms with E-state index in [1.165, 1.54) is 48.5 Å². The zero-order valence-corrected chi connectivity index (χ0v) is 20.6. The predicted molar refractivity (Wildman–Crippen MR) is 136 cm³/mol. The van der Waals surface area contributed by atoms with Crippen LogP contribution in [0.3, 0.4) is 0 Å². The molecule has 180 valence electrons. The number of halogens is 2. The summed E-state index contributed by atoms with van der Waals surface area (Å²) in [5.41, 5.74) is 1.87. The third kappa shape index (κ3) is 5.86. The van der Waals surface area contributed by atoms with Crippen LogP contribution in [0.1, 0.15) is 15.9 Å². The fraction of sp³-hybridized carbons (Fsp3) is 0.167. The maximum absolute atomic E-state index is 13.1. The Kier molecular flexibility index (Phi) is 7.48. The zero-order chi connectivity index (χ0) is 25.0. The maximum Gasteiger partial charge on any atom is 0.262 e. The van der Waals surface area contributed by atoms with E-state index in [-0.39, 0.29) is 15.6 Å². The number of rotatable bonds is 6. The summed E-state index contributed by atoms with van der Waals surface area (Å²) in [7, 11) is -4.06. The molecule has 8 nitrogen and oxygen atoms in total. The van der Waals surface area contributed by atoms with Crippen LogP contribution in [0.2, 0.25) is 10.0 Å². The van der Waals surface area contributed by atoms with Gasteiger partial charge < -0.3 is 15.0 Å². The zero-order valence-electron chi connectivity index (χ0n) is 18.3. The minimum atomic E-state index is -4.06. The van der Waals surface area contributed by atoms with Crippen molar-refractivity contribution in [3.63, 3.8) is 0 Å². The third-order valence-electron chi connectivity index (χ3n) is 5.33. The van der Waals surface area contributed by atoms with Crippen molar-refractivity contribution >= 4 is 56.2 Å². The smallest absolute Gasteiger partial charge is 0.262 e. The van der Waals surface area contributed by atoms with Crippen molar-refractivity contribution in [2.75, 3.05) is 41.2 Å². The van der Waals surface area contributed by atoms with E-state index < -0.39 is 15.9 Å². The SMILES string of the molecule is N#Cc1ccc(C(=O)Nc2cc(S(=O)(=O)Nc3cc(Cl)ccc3Cl)ccc2N2CCOCC2)cc1. The molecule has 0 radical (unpaired) electrons. The Morgan fingerprint density at radius 3 is 2.37 bits per heavy atom. The molecular formula is C24H20Cl2N4O4S. The van der Waals surface area contributed by atoms with E-state index in [9.17, 15) is 13.2 Å². The van der Waals surface area contributed by atoms with E-state index in [0.29, 0.717) is 53.8 Å². The second-order valence-electron chi connectivity index (χ2n) is 7.65. The number of sulfonamides is 1. The molecule has 0 bridgehead atoms. The highest BCUT2D eigenvalue weighted by atomic mass is 35.5. The molecule has 2 N–H and O–H groups in total. The van der Waals surface area contributed by atoms with Gasteiger partial charge in [-0.15, -0.1) is 0 Å². The third-order valence-corrected chi connectivity index (χ3v) is 7.26. The summed E-state index contributed by atoms with van der Waals surface area (Å²) >= 11 is 12.1. The standard InChI is InChI=1S/C24H20Cl2N4O4S/c25-18-5-7-20(26)21(13-18)29-35(32,33)19-6-8-23(30-9-11-34-12-10-30)22(14-19)28-24(31)17-3-1-16(15-27)2-4-17/h1-8,13-14,29H,9-12H2,(H,28,31). The van der Waals surface area contributed by atoms with Gasteiger partial charge in [-0.25, -0.2) is 8.42 Å². The summed E-state index contributed by atoms with van der Waals surface area (Å²) in [6.07, 6.45) is 0. The van der Waals surface area contributed by atoms with Gasteiger partial charge >= 0.3 is 0 Å². The number of nitrogens with zero attached hydrogens (tertiary/aromatic N) is 2. The molecule has 11 heteroatoms. The number of morpholine rings is 1. The van der Waals surface area contributed by atoms with Crippen molar-refractivity contribution in [1.29, 1.82) is 5.26 Å². The van der Waals surface area contributed by atoms with Gasteiger partial charge in [-0.2, -0.15) is 5.26 Å². The lowest BCUT2D eigenvalue weighted by Crippen LogP contribution is -2.36. The molecular weight excluding hydrogens is 511 g/mol. The van der Waals surface area contributed by atoms with E-state index >= 15 is 0 Å². The number of ether oxygens (including phenoxy) is 1. The van der Waals surface area contributed by atoms with Crippen LogP contribution in [0.5, 0.6) is 0 Å². The first-order chi connectivity index (χ1) is 16.8. The van der Waals surface area contributed by atoms with Crippen LogP contribution in [0.4, 0.5) is 17.1 Å². The van der Waals surface area contributed by atoms with Crippen molar-refractivity contribution in [2.45, 2.75) is 4.90 Å².